The van der Waals surface area contributed by atoms with Crippen molar-refractivity contribution >= 4 is 11.9 Å². The molecule has 1 saturated carbocycles. The van der Waals surface area contributed by atoms with Gasteiger partial charge >= 0.3 is 5.97 Å². The van der Waals surface area contributed by atoms with Gasteiger partial charge in [0, 0.05) is 18.9 Å². The summed E-state index contributed by atoms with van der Waals surface area (Å²) < 4.78 is 0. The molecule has 4 heteroatoms. The number of rotatable bonds is 5. The summed E-state index contributed by atoms with van der Waals surface area (Å²) in [7, 11) is 0. The van der Waals surface area contributed by atoms with Gasteiger partial charge in [-0.1, -0.05) is 20.8 Å². The number of carbonyl (C=O) groups excluding carboxylic acids is 1. The first-order valence-corrected chi connectivity index (χ1v) is 6.80. The van der Waals surface area contributed by atoms with E-state index in [1.165, 1.54) is 0 Å². The molecule has 104 valence electrons. The van der Waals surface area contributed by atoms with Crippen LogP contribution in [0, 0.1) is 11.3 Å². The van der Waals surface area contributed by atoms with Crippen LogP contribution < -0.4 is 5.32 Å². The predicted molar refractivity (Wildman–Crippen MR) is 70.2 cm³/mol. The maximum atomic E-state index is 11.8. The number of hydrogen-bond acceptors (Lipinski definition) is 2. The summed E-state index contributed by atoms with van der Waals surface area (Å²) in [5.41, 5.74) is 0.401. The molecule has 1 unspecified atom stereocenters. The quantitative estimate of drug-likeness (QED) is 0.793. The Hall–Kier alpha value is -1.06. The van der Waals surface area contributed by atoms with E-state index in [1.807, 2.05) is 0 Å². The van der Waals surface area contributed by atoms with Crippen LogP contribution in [0.5, 0.6) is 0 Å². The van der Waals surface area contributed by atoms with Gasteiger partial charge in [0.05, 0.1) is 0 Å². The number of carboxylic acids is 1. The molecule has 0 radical (unpaired) electrons. The van der Waals surface area contributed by atoms with E-state index in [0.717, 1.165) is 25.7 Å². The second-order valence-electron chi connectivity index (χ2n) is 6.41. The van der Waals surface area contributed by atoms with Crippen molar-refractivity contribution in [1.82, 2.24) is 5.32 Å². The van der Waals surface area contributed by atoms with Crippen LogP contribution in [0.25, 0.3) is 0 Å². The van der Waals surface area contributed by atoms with Crippen molar-refractivity contribution in [3.05, 3.63) is 0 Å². The summed E-state index contributed by atoms with van der Waals surface area (Å²) in [6, 6.07) is 0.280. The summed E-state index contributed by atoms with van der Waals surface area (Å²) >= 11 is 0. The Balaban J connectivity index is 2.27. The minimum Gasteiger partial charge on any atom is -0.481 e. The van der Waals surface area contributed by atoms with Crippen LogP contribution >= 0.6 is 0 Å². The molecule has 1 atom stereocenters. The molecule has 18 heavy (non-hydrogen) atoms. The van der Waals surface area contributed by atoms with E-state index < -0.39 is 5.97 Å². The van der Waals surface area contributed by atoms with Gasteiger partial charge in [-0.3, -0.25) is 9.59 Å². The van der Waals surface area contributed by atoms with Crippen molar-refractivity contribution in [1.29, 1.82) is 0 Å². The van der Waals surface area contributed by atoms with Crippen molar-refractivity contribution in [2.24, 2.45) is 11.3 Å². The minimum absolute atomic E-state index is 0.00606. The maximum absolute atomic E-state index is 11.8. The fourth-order valence-electron chi connectivity index (χ4n) is 2.52. The van der Waals surface area contributed by atoms with Gasteiger partial charge < -0.3 is 10.4 Å². The van der Waals surface area contributed by atoms with Crippen molar-refractivity contribution in [3.8, 4) is 0 Å². The van der Waals surface area contributed by atoms with Gasteiger partial charge in [-0.2, -0.15) is 0 Å². The molecule has 1 rings (SSSR count). The molecular formula is C14H25NO3. The lowest BCUT2D eigenvalue weighted by Crippen LogP contribution is -2.39. The first-order chi connectivity index (χ1) is 8.28. The second kappa shape index (κ2) is 6.21. The van der Waals surface area contributed by atoms with E-state index in [-0.39, 0.29) is 24.3 Å². The van der Waals surface area contributed by atoms with Gasteiger partial charge in [0.15, 0.2) is 0 Å². The number of nitrogens with one attached hydrogen (secondary N) is 1. The van der Waals surface area contributed by atoms with E-state index in [9.17, 15) is 9.59 Å². The zero-order valence-electron chi connectivity index (χ0n) is 11.7. The lowest BCUT2D eigenvalue weighted by molar-refractivity contribution is -0.138. The lowest BCUT2D eigenvalue weighted by Gasteiger charge is -2.34. The Kier molecular flexibility index (Phi) is 5.17. The van der Waals surface area contributed by atoms with E-state index in [1.54, 1.807) is 6.92 Å². The largest absolute Gasteiger partial charge is 0.481 e. The summed E-state index contributed by atoms with van der Waals surface area (Å²) in [6.07, 6.45) is 4.72. The highest BCUT2D eigenvalue weighted by atomic mass is 16.4. The Morgan fingerprint density at radius 2 is 1.83 bits per heavy atom. The fraction of sp³-hybridized carbons (Fsp3) is 0.857. The second-order valence-corrected chi connectivity index (χ2v) is 6.41. The van der Waals surface area contributed by atoms with Gasteiger partial charge in [-0.15, -0.1) is 0 Å². The van der Waals surface area contributed by atoms with Gasteiger partial charge in [-0.25, -0.2) is 0 Å². The van der Waals surface area contributed by atoms with Gasteiger partial charge in [-0.05, 0) is 37.0 Å². The van der Waals surface area contributed by atoms with Gasteiger partial charge in [0.2, 0.25) is 5.91 Å². The SMILES string of the molecule is CC(CC(=O)O)CC(=O)NC1CCC(C)(C)CC1. The normalized spacial score (nSPS) is 21.3. The summed E-state index contributed by atoms with van der Waals surface area (Å²) in [6.45, 7) is 6.33. The minimum atomic E-state index is -0.838. The molecule has 0 aliphatic heterocycles. The predicted octanol–water partition coefficient (Wildman–Crippen LogP) is 2.57. The first kappa shape index (κ1) is 15.0. The molecule has 1 aliphatic carbocycles. The summed E-state index contributed by atoms with van der Waals surface area (Å²) in [5, 5.41) is 11.7. The highest BCUT2D eigenvalue weighted by Crippen LogP contribution is 2.35. The number of carbonyl (C=O) groups is 2. The van der Waals surface area contributed by atoms with Crippen LogP contribution in [-0.2, 0) is 9.59 Å². The molecule has 0 heterocycles. The molecule has 0 aromatic rings. The van der Waals surface area contributed by atoms with Crippen LogP contribution in [-0.4, -0.2) is 23.0 Å². The molecule has 0 saturated heterocycles. The highest BCUT2D eigenvalue weighted by Gasteiger charge is 2.27. The van der Waals surface area contributed by atoms with Crippen LogP contribution in [0.2, 0.25) is 0 Å². The van der Waals surface area contributed by atoms with Crippen molar-refractivity contribution in [2.75, 3.05) is 0 Å². The van der Waals surface area contributed by atoms with Crippen molar-refractivity contribution in [2.45, 2.75) is 65.3 Å². The molecule has 0 aromatic heterocycles. The van der Waals surface area contributed by atoms with E-state index in [2.05, 4.69) is 19.2 Å². The Morgan fingerprint density at radius 1 is 1.28 bits per heavy atom. The van der Waals surface area contributed by atoms with E-state index in [0.29, 0.717) is 11.8 Å². The third-order valence-corrected chi connectivity index (χ3v) is 3.76. The number of carboxylic acid groups (broad SMARTS) is 1. The highest BCUT2D eigenvalue weighted by molar-refractivity contribution is 5.77. The monoisotopic (exact) mass is 255 g/mol. The lowest BCUT2D eigenvalue weighted by atomic mass is 9.75. The summed E-state index contributed by atoms with van der Waals surface area (Å²) in [4.78, 5) is 22.3. The average Bonchev–Trinajstić information content (AvgIpc) is 2.19. The van der Waals surface area contributed by atoms with Gasteiger partial charge in [0.25, 0.3) is 0 Å². The van der Waals surface area contributed by atoms with Gasteiger partial charge in [0.1, 0.15) is 0 Å². The maximum Gasteiger partial charge on any atom is 0.303 e. The average molecular weight is 255 g/mol. The molecule has 0 spiro atoms. The molecular weight excluding hydrogens is 230 g/mol. The molecule has 0 bridgehead atoms. The molecule has 2 N–H and O–H groups in total. The third kappa shape index (κ3) is 5.52. The standard InChI is InChI=1S/C14H25NO3/c1-10(9-13(17)18)8-12(16)15-11-4-6-14(2,3)7-5-11/h10-11H,4-9H2,1-3H3,(H,15,16)(H,17,18). The summed E-state index contributed by atoms with van der Waals surface area (Å²) in [5.74, 6) is -0.939. The van der Waals surface area contributed by atoms with Crippen molar-refractivity contribution < 1.29 is 14.7 Å². The smallest absolute Gasteiger partial charge is 0.303 e. The first-order valence-electron chi connectivity index (χ1n) is 6.80. The zero-order valence-corrected chi connectivity index (χ0v) is 11.7. The molecule has 4 nitrogen and oxygen atoms in total. The molecule has 1 aliphatic rings. The Morgan fingerprint density at radius 3 is 2.33 bits per heavy atom. The zero-order chi connectivity index (χ0) is 13.8. The Labute approximate surface area is 109 Å². The Bertz CT molecular complexity index is 302. The number of aliphatic carboxylic acids is 1. The van der Waals surface area contributed by atoms with Crippen LogP contribution in [0.4, 0.5) is 0 Å². The van der Waals surface area contributed by atoms with Crippen molar-refractivity contribution in [3.63, 3.8) is 0 Å². The molecule has 1 fully saturated rings. The number of hydrogen-bond donors (Lipinski definition) is 2. The number of amides is 1. The third-order valence-electron chi connectivity index (χ3n) is 3.76. The molecule has 0 aromatic carbocycles. The van der Waals surface area contributed by atoms with Crippen LogP contribution in [0.1, 0.15) is 59.3 Å². The fourth-order valence-corrected chi connectivity index (χ4v) is 2.52. The topological polar surface area (TPSA) is 66.4 Å². The molecule has 1 amide bonds. The van der Waals surface area contributed by atoms with E-state index >= 15 is 0 Å². The van der Waals surface area contributed by atoms with Crippen LogP contribution in [0.3, 0.4) is 0 Å². The van der Waals surface area contributed by atoms with Crippen LogP contribution in [0.15, 0.2) is 0 Å². The van der Waals surface area contributed by atoms with E-state index in [4.69, 9.17) is 5.11 Å².